The van der Waals surface area contributed by atoms with Crippen LogP contribution in [-0.2, 0) is 16.6 Å². The summed E-state index contributed by atoms with van der Waals surface area (Å²) in [5.41, 5.74) is 0.984. The van der Waals surface area contributed by atoms with Crippen LogP contribution in [0.15, 0.2) is 34.2 Å². The summed E-state index contributed by atoms with van der Waals surface area (Å²) in [5, 5.41) is 6.40. The van der Waals surface area contributed by atoms with Crippen molar-refractivity contribution in [3.63, 3.8) is 0 Å². The fourth-order valence-corrected chi connectivity index (χ4v) is 2.34. The Morgan fingerprint density at radius 1 is 1.19 bits per heavy atom. The minimum atomic E-state index is -3.38. The first-order valence-corrected chi connectivity index (χ1v) is 8.34. The molecule has 0 amide bonds. The van der Waals surface area contributed by atoms with Crippen LogP contribution in [0.2, 0.25) is 0 Å². The van der Waals surface area contributed by atoms with Crippen LogP contribution in [0.4, 0.5) is 0 Å². The molecule has 1 rings (SSSR count). The maximum absolute atomic E-state index is 11.6. The highest BCUT2D eigenvalue weighted by molar-refractivity contribution is 7.89. The third-order valence-electron chi connectivity index (χ3n) is 2.86. The van der Waals surface area contributed by atoms with Crippen LogP contribution in [0.5, 0.6) is 0 Å². The molecule has 0 aliphatic heterocycles. The Kier molecular flexibility index (Phi) is 6.64. The summed E-state index contributed by atoms with van der Waals surface area (Å²) >= 11 is 0. The van der Waals surface area contributed by atoms with Crippen LogP contribution < -0.4 is 15.4 Å². The van der Waals surface area contributed by atoms with E-state index in [-0.39, 0.29) is 4.90 Å². The lowest BCUT2D eigenvalue weighted by atomic mass is 10.2. The van der Waals surface area contributed by atoms with Crippen LogP contribution in [-0.4, -0.2) is 35.0 Å². The van der Waals surface area contributed by atoms with E-state index >= 15 is 0 Å². The van der Waals surface area contributed by atoms with Crippen LogP contribution in [0.1, 0.15) is 19.4 Å². The molecule has 0 unspecified atom stereocenters. The first-order valence-electron chi connectivity index (χ1n) is 6.86. The van der Waals surface area contributed by atoms with Gasteiger partial charge in [-0.05, 0) is 30.7 Å². The number of nitrogens with one attached hydrogen (secondary N) is 3. The highest BCUT2D eigenvalue weighted by Crippen LogP contribution is 2.09. The molecule has 1 aromatic rings. The predicted octanol–water partition coefficient (Wildman–Crippen LogP) is 0.916. The number of rotatable bonds is 6. The van der Waals surface area contributed by atoms with E-state index in [1.807, 2.05) is 0 Å². The molecule has 0 saturated heterocycles. The Bertz CT molecular complexity index is 565. The van der Waals surface area contributed by atoms with Crippen molar-refractivity contribution in [2.24, 2.45) is 10.9 Å². The number of hydrogen-bond acceptors (Lipinski definition) is 3. The zero-order chi connectivity index (χ0) is 15.9. The van der Waals surface area contributed by atoms with Crippen molar-refractivity contribution in [3.05, 3.63) is 29.8 Å². The molecule has 0 saturated carbocycles. The van der Waals surface area contributed by atoms with Crippen LogP contribution in [0.3, 0.4) is 0 Å². The normalized spacial score (nSPS) is 12.5. The third-order valence-corrected chi connectivity index (χ3v) is 4.29. The Morgan fingerprint density at radius 3 is 2.29 bits per heavy atom. The van der Waals surface area contributed by atoms with Crippen molar-refractivity contribution >= 4 is 16.0 Å². The summed E-state index contributed by atoms with van der Waals surface area (Å²) in [5.74, 6) is 1.27. The van der Waals surface area contributed by atoms with E-state index in [2.05, 4.69) is 34.2 Å². The molecule has 0 heterocycles. The van der Waals surface area contributed by atoms with E-state index in [1.165, 1.54) is 7.05 Å². The van der Waals surface area contributed by atoms with Crippen molar-refractivity contribution in [1.82, 2.24) is 15.4 Å². The molecule has 118 valence electrons. The minimum Gasteiger partial charge on any atom is -0.356 e. The van der Waals surface area contributed by atoms with Gasteiger partial charge >= 0.3 is 0 Å². The Hall–Kier alpha value is -1.60. The number of sulfonamides is 1. The van der Waals surface area contributed by atoms with E-state index in [0.717, 1.165) is 18.1 Å². The Balaban J connectivity index is 2.60. The summed E-state index contributed by atoms with van der Waals surface area (Å²) in [6.45, 7) is 5.68. The summed E-state index contributed by atoms with van der Waals surface area (Å²) in [6, 6.07) is 6.75. The van der Waals surface area contributed by atoms with Gasteiger partial charge in [0.25, 0.3) is 0 Å². The molecular formula is C14H24N4O2S. The van der Waals surface area contributed by atoms with Crippen molar-refractivity contribution < 1.29 is 8.42 Å². The van der Waals surface area contributed by atoms with Gasteiger partial charge in [-0.25, -0.2) is 13.1 Å². The lowest BCUT2D eigenvalue weighted by molar-refractivity contribution is 0.588. The second-order valence-electron chi connectivity index (χ2n) is 5.05. The van der Waals surface area contributed by atoms with Crippen molar-refractivity contribution in [3.8, 4) is 0 Å². The molecule has 21 heavy (non-hydrogen) atoms. The van der Waals surface area contributed by atoms with Gasteiger partial charge in [-0.3, -0.25) is 4.99 Å². The summed E-state index contributed by atoms with van der Waals surface area (Å²) in [7, 11) is -0.257. The molecule has 0 spiro atoms. The van der Waals surface area contributed by atoms with E-state index < -0.39 is 10.0 Å². The van der Waals surface area contributed by atoms with Crippen molar-refractivity contribution in [2.75, 3.05) is 20.6 Å². The van der Waals surface area contributed by atoms with Gasteiger partial charge in [-0.15, -0.1) is 0 Å². The molecule has 6 nitrogen and oxygen atoms in total. The van der Waals surface area contributed by atoms with E-state index in [9.17, 15) is 8.42 Å². The quantitative estimate of drug-likeness (QED) is 0.539. The average Bonchev–Trinajstić information content (AvgIpc) is 2.47. The largest absolute Gasteiger partial charge is 0.356 e. The van der Waals surface area contributed by atoms with Crippen molar-refractivity contribution in [2.45, 2.75) is 25.3 Å². The molecule has 0 aliphatic rings. The fraction of sp³-hybridized carbons (Fsp3) is 0.500. The lowest BCUT2D eigenvalue weighted by Crippen LogP contribution is -2.38. The van der Waals surface area contributed by atoms with Gasteiger partial charge in [0.1, 0.15) is 0 Å². The Morgan fingerprint density at radius 2 is 1.81 bits per heavy atom. The SMILES string of the molecule is CN=C(NCc1ccc(S(=O)(=O)NC)cc1)NCC(C)C. The molecule has 0 radical (unpaired) electrons. The first kappa shape index (κ1) is 17.5. The maximum atomic E-state index is 11.6. The van der Waals surface area contributed by atoms with E-state index in [4.69, 9.17) is 0 Å². The van der Waals surface area contributed by atoms with Crippen LogP contribution in [0.25, 0.3) is 0 Å². The average molecular weight is 312 g/mol. The fourth-order valence-electron chi connectivity index (χ4n) is 1.61. The molecule has 0 bridgehead atoms. The minimum absolute atomic E-state index is 0.260. The van der Waals surface area contributed by atoms with Gasteiger partial charge in [0.15, 0.2) is 5.96 Å². The van der Waals surface area contributed by atoms with Crippen molar-refractivity contribution in [1.29, 1.82) is 0 Å². The smallest absolute Gasteiger partial charge is 0.240 e. The van der Waals surface area contributed by atoms with Crippen LogP contribution >= 0.6 is 0 Å². The molecule has 0 atom stereocenters. The highest BCUT2D eigenvalue weighted by Gasteiger charge is 2.10. The molecule has 1 aromatic carbocycles. The van der Waals surface area contributed by atoms with Gasteiger partial charge in [0.2, 0.25) is 10.0 Å². The van der Waals surface area contributed by atoms with Gasteiger partial charge in [-0.1, -0.05) is 26.0 Å². The summed E-state index contributed by atoms with van der Waals surface area (Å²) in [4.78, 5) is 4.39. The maximum Gasteiger partial charge on any atom is 0.240 e. The standard InChI is InChI=1S/C14H24N4O2S/c1-11(2)9-17-14(15-3)18-10-12-5-7-13(8-6-12)21(19,20)16-4/h5-8,11,16H,9-10H2,1-4H3,(H2,15,17,18). The van der Waals surface area contributed by atoms with Crippen LogP contribution in [0, 0.1) is 5.92 Å². The van der Waals surface area contributed by atoms with E-state index in [0.29, 0.717) is 12.5 Å². The molecule has 3 N–H and O–H groups in total. The predicted molar refractivity (Wildman–Crippen MR) is 85.7 cm³/mol. The van der Waals surface area contributed by atoms with Gasteiger partial charge in [-0.2, -0.15) is 0 Å². The molecule has 0 fully saturated rings. The van der Waals surface area contributed by atoms with Gasteiger partial charge in [0, 0.05) is 20.1 Å². The number of guanidine groups is 1. The second kappa shape index (κ2) is 7.99. The summed E-state index contributed by atoms with van der Waals surface area (Å²) in [6.07, 6.45) is 0. The first-order chi connectivity index (χ1) is 9.89. The Labute approximate surface area is 127 Å². The number of nitrogens with zero attached hydrogens (tertiary/aromatic N) is 1. The summed E-state index contributed by atoms with van der Waals surface area (Å²) < 4.78 is 25.5. The number of benzene rings is 1. The third kappa shape index (κ3) is 5.73. The molecule has 0 aromatic heterocycles. The topological polar surface area (TPSA) is 82.6 Å². The molecule has 0 aliphatic carbocycles. The number of hydrogen-bond donors (Lipinski definition) is 3. The zero-order valence-corrected chi connectivity index (χ0v) is 13.8. The molecule has 7 heteroatoms. The van der Waals surface area contributed by atoms with E-state index in [1.54, 1.807) is 31.3 Å². The highest BCUT2D eigenvalue weighted by atomic mass is 32.2. The number of aliphatic imine (C=N–C) groups is 1. The monoisotopic (exact) mass is 312 g/mol. The second-order valence-corrected chi connectivity index (χ2v) is 6.94. The van der Waals surface area contributed by atoms with Gasteiger partial charge < -0.3 is 10.6 Å². The lowest BCUT2D eigenvalue weighted by Gasteiger charge is -2.13. The molecular weight excluding hydrogens is 288 g/mol. The zero-order valence-electron chi connectivity index (χ0n) is 13.0. The van der Waals surface area contributed by atoms with Gasteiger partial charge in [0.05, 0.1) is 4.90 Å².